The Balaban J connectivity index is 1.95. The Morgan fingerprint density at radius 3 is 2.41 bits per heavy atom. The predicted molar refractivity (Wildman–Crippen MR) is 97.7 cm³/mol. The van der Waals surface area contributed by atoms with E-state index in [1.165, 1.54) is 26.2 Å². The smallest absolute Gasteiger partial charge is 0.416 e. The second-order valence-electron chi connectivity index (χ2n) is 6.05. The van der Waals surface area contributed by atoms with Crippen LogP contribution in [0.1, 0.15) is 28.4 Å². The van der Waals surface area contributed by atoms with Crippen molar-refractivity contribution >= 4 is 23.3 Å². The molecule has 29 heavy (non-hydrogen) atoms. The van der Waals surface area contributed by atoms with Crippen molar-refractivity contribution in [1.82, 2.24) is 0 Å². The first-order valence-electron chi connectivity index (χ1n) is 8.40. The van der Waals surface area contributed by atoms with Crippen LogP contribution >= 0.6 is 0 Å². The van der Waals surface area contributed by atoms with Gasteiger partial charge in [0.25, 0.3) is 5.91 Å². The number of hydrogen-bond donors (Lipinski definition) is 1. The maximum absolute atomic E-state index is 12.7. The normalized spacial score (nSPS) is 10.9. The number of esters is 1. The zero-order valence-electron chi connectivity index (χ0n) is 15.6. The number of amides is 1. The molecule has 0 fully saturated rings. The molecule has 0 aliphatic heterocycles. The summed E-state index contributed by atoms with van der Waals surface area (Å²) in [6.45, 7) is 0.700. The van der Waals surface area contributed by atoms with Crippen molar-refractivity contribution in [3.8, 4) is 5.75 Å². The van der Waals surface area contributed by atoms with Crippen LogP contribution in [0.2, 0.25) is 0 Å². The first-order valence-corrected chi connectivity index (χ1v) is 8.40. The topological polar surface area (TPSA) is 81.7 Å². The first kappa shape index (κ1) is 21.9. The van der Waals surface area contributed by atoms with Gasteiger partial charge >= 0.3 is 12.1 Å². The van der Waals surface area contributed by atoms with Gasteiger partial charge in [-0.1, -0.05) is 6.07 Å². The number of alkyl halides is 3. The SMILES string of the molecule is COc1ccc(C(C)=O)cc1CC(=O)OCC(=O)Nc1cccc(C(F)(F)F)c1. The number of carbonyl (C=O) groups excluding carboxylic acids is 3. The highest BCUT2D eigenvalue weighted by atomic mass is 19.4. The average Bonchev–Trinajstić information content (AvgIpc) is 2.66. The summed E-state index contributed by atoms with van der Waals surface area (Å²) in [5.74, 6) is -1.37. The summed E-state index contributed by atoms with van der Waals surface area (Å²) in [6, 6.07) is 8.67. The van der Waals surface area contributed by atoms with Crippen molar-refractivity contribution in [2.75, 3.05) is 19.0 Å². The van der Waals surface area contributed by atoms with Crippen molar-refractivity contribution in [2.45, 2.75) is 19.5 Å². The molecule has 0 unspecified atom stereocenters. The molecule has 2 aromatic rings. The molecule has 0 aliphatic rings. The van der Waals surface area contributed by atoms with Crippen LogP contribution in [-0.2, 0) is 26.9 Å². The highest BCUT2D eigenvalue weighted by Gasteiger charge is 2.30. The maximum atomic E-state index is 12.7. The summed E-state index contributed by atoms with van der Waals surface area (Å²) in [7, 11) is 1.40. The minimum Gasteiger partial charge on any atom is -0.496 e. The summed E-state index contributed by atoms with van der Waals surface area (Å²) in [5.41, 5.74) is -0.194. The van der Waals surface area contributed by atoms with Crippen molar-refractivity contribution in [1.29, 1.82) is 0 Å². The van der Waals surface area contributed by atoms with Crippen LogP contribution in [0.25, 0.3) is 0 Å². The monoisotopic (exact) mass is 409 g/mol. The number of ketones is 1. The molecule has 154 valence electrons. The van der Waals surface area contributed by atoms with Gasteiger partial charge in [0.05, 0.1) is 19.1 Å². The lowest BCUT2D eigenvalue weighted by Gasteiger charge is -2.11. The summed E-state index contributed by atoms with van der Waals surface area (Å²) >= 11 is 0. The lowest BCUT2D eigenvalue weighted by molar-refractivity contribution is -0.146. The second-order valence-corrected chi connectivity index (χ2v) is 6.05. The molecule has 0 aliphatic carbocycles. The van der Waals surface area contributed by atoms with E-state index in [4.69, 9.17) is 9.47 Å². The Morgan fingerprint density at radius 2 is 1.79 bits per heavy atom. The molecule has 0 spiro atoms. The van der Waals surface area contributed by atoms with Crippen LogP contribution in [0.3, 0.4) is 0 Å². The van der Waals surface area contributed by atoms with Crippen LogP contribution in [0, 0.1) is 0 Å². The van der Waals surface area contributed by atoms with Gasteiger partial charge in [-0.2, -0.15) is 13.2 Å². The van der Waals surface area contributed by atoms with E-state index in [-0.39, 0.29) is 17.9 Å². The molecule has 1 amide bonds. The fourth-order valence-corrected chi connectivity index (χ4v) is 2.46. The van der Waals surface area contributed by atoms with Gasteiger partial charge in [0.15, 0.2) is 12.4 Å². The van der Waals surface area contributed by atoms with Crippen LogP contribution in [0.4, 0.5) is 18.9 Å². The average molecular weight is 409 g/mol. The molecule has 0 saturated heterocycles. The van der Waals surface area contributed by atoms with Crippen molar-refractivity contribution in [3.05, 3.63) is 59.2 Å². The Morgan fingerprint density at radius 1 is 1.07 bits per heavy atom. The number of anilines is 1. The molecule has 9 heteroatoms. The number of hydrogen-bond acceptors (Lipinski definition) is 5. The number of methoxy groups -OCH3 is 1. The zero-order valence-corrected chi connectivity index (χ0v) is 15.6. The van der Waals surface area contributed by atoms with Gasteiger partial charge in [0.2, 0.25) is 0 Å². The molecule has 1 N–H and O–H groups in total. The van der Waals surface area contributed by atoms with Crippen LogP contribution in [0.5, 0.6) is 5.75 Å². The van der Waals surface area contributed by atoms with E-state index >= 15 is 0 Å². The van der Waals surface area contributed by atoms with Crippen LogP contribution < -0.4 is 10.1 Å². The lowest BCUT2D eigenvalue weighted by Crippen LogP contribution is -2.22. The highest BCUT2D eigenvalue weighted by molar-refractivity contribution is 5.95. The Labute approximate surface area is 164 Å². The molecule has 0 radical (unpaired) electrons. The minimum atomic E-state index is -4.54. The first-order chi connectivity index (χ1) is 13.6. The van der Waals surface area contributed by atoms with Gasteiger partial charge < -0.3 is 14.8 Å². The third-order valence-corrected chi connectivity index (χ3v) is 3.86. The van der Waals surface area contributed by atoms with Gasteiger partial charge in [-0.05, 0) is 43.3 Å². The zero-order chi connectivity index (χ0) is 21.6. The van der Waals surface area contributed by atoms with E-state index in [9.17, 15) is 27.6 Å². The summed E-state index contributed by atoms with van der Waals surface area (Å²) < 4.78 is 48.1. The van der Waals surface area contributed by atoms with E-state index < -0.39 is 30.2 Å². The van der Waals surface area contributed by atoms with Gasteiger partial charge in [0.1, 0.15) is 5.75 Å². The molecule has 0 bridgehead atoms. The number of Topliss-reactive ketones (excluding diaryl/α,β-unsaturated/α-hetero) is 1. The molecule has 0 atom stereocenters. The summed E-state index contributed by atoms with van der Waals surface area (Å²) in [6.07, 6.45) is -4.79. The summed E-state index contributed by atoms with van der Waals surface area (Å²) in [5, 5.41) is 2.23. The van der Waals surface area contributed by atoms with Gasteiger partial charge in [0, 0.05) is 16.8 Å². The number of rotatable bonds is 7. The molecule has 0 saturated carbocycles. The molecular formula is C20H18F3NO5. The Bertz CT molecular complexity index is 925. The standard InChI is InChI=1S/C20H18F3NO5/c1-12(25)13-6-7-17(28-2)14(8-13)9-19(27)29-11-18(26)24-16-5-3-4-15(10-16)20(21,22)23/h3-8,10H,9,11H2,1-2H3,(H,24,26). The summed E-state index contributed by atoms with van der Waals surface area (Å²) in [4.78, 5) is 35.3. The van der Waals surface area contributed by atoms with Gasteiger partial charge in [-0.25, -0.2) is 0 Å². The maximum Gasteiger partial charge on any atom is 0.416 e. The van der Waals surface area contributed by atoms with Crippen LogP contribution in [0.15, 0.2) is 42.5 Å². The number of ether oxygens (including phenoxy) is 2. The lowest BCUT2D eigenvalue weighted by atomic mass is 10.0. The Kier molecular flexibility index (Phi) is 6.98. The number of halogens is 3. The molecular weight excluding hydrogens is 391 g/mol. The molecule has 2 aromatic carbocycles. The quantitative estimate of drug-likeness (QED) is 0.558. The van der Waals surface area contributed by atoms with Crippen LogP contribution in [-0.4, -0.2) is 31.4 Å². The fourth-order valence-electron chi connectivity index (χ4n) is 2.46. The predicted octanol–water partition coefficient (Wildman–Crippen LogP) is 3.64. The highest BCUT2D eigenvalue weighted by Crippen LogP contribution is 2.30. The van der Waals surface area contributed by atoms with Crippen molar-refractivity contribution in [3.63, 3.8) is 0 Å². The van der Waals surface area contributed by atoms with E-state index in [0.29, 0.717) is 16.9 Å². The van der Waals surface area contributed by atoms with Gasteiger partial charge in [-0.15, -0.1) is 0 Å². The number of nitrogens with one attached hydrogen (secondary N) is 1. The largest absolute Gasteiger partial charge is 0.496 e. The third-order valence-electron chi connectivity index (χ3n) is 3.86. The van der Waals surface area contributed by atoms with Crippen molar-refractivity contribution in [2.24, 2.45) is 0 Å². The van der Waals surface area contributed by atoms with Gasteiger partial charge in [-0.3, -0.25) is 14.4 Å². The number of carbonyl (C=O) groups is 3. The molecule has 0 aromatic heterocycles. The fraction of sp³-hybridized carbons (Fsp3) is 0.250. The van der Waals surface area contributed by atoms with E-state index in [1.54, 1.807) is 12.1 Å². The van der Waals surface area contributed by atoms with E-state index in [0.717, 1.165) is 18.2 Å². The Hall–Kier alpha value is -3.36. The molecule has 0 heterocycles. The van der Waals surface area contributed by atoms with Crippen molar-refractivity contribution < 1.29 is 37.0 Å². The molecule has 6 nitrogen and oxygen atoms in total. The molecule has 2 rings (SSSR count). The number of benzene rings is 2. The second kappa shape index (κ2) is 9.22. The minimum absolute atomic E-state index is 0.0725. The third kappa shape index (κ3) is 6.34. The van der Waals surface area contributed by atoms with E-state index in [1.807, 2.05) is 0 Å². The van der Waals surface area contributed by atoms with E-state index in [2.05, 4.69) is 5.32 Å².